The van der Waals surface area contributed by atoms with E-state index in [0.29, 0.717) is 5.82 Å². The van der Waals surface area contributed by atoms with Crippen molar-refractivity contribution < 1.29 is 0 Å². The SMILES string of the molecule is Cc1ccc(-c2cnc(N)cn2)nc1. The zero-order valence-electron chi connectivity index (χ0n) is 7.81. The topological polar surface area (TPSA) is 64.7 Å². The fourth-order valence-corrected chi connectivity index (χ4v) is 1.09. The van der Waals surface area contributed by atoms with Crippen LogP contribution >= 0.6 is 0 Å². The van der Waals surface area contributed by atoms with E-state index >= 15 is 0 Å². The summed E-state index contributed by atoms with van der Waals surface area (Å²) in [5.74, 6) is 0.417. The Bertz CT molecular complexity index is 375. The summed E-state index contributed by atoms with van der Waals surface area (Å²) in [7, 11) is 0. The minimum absolute atomic E-state index is 0.417. The zero-order chi connectivity index (χ0) is 9.97. The summed E-state index contributed by atoms with van der Waals surface area (Å²) in [6, 6.07) is 3.90. The van der Waals surface area contributed by atoms with Crippen molar-refractivity contribution in [3.05, 3.63) is 36.3 Å². The van der Waals surface area contributed by atoms with Crippen LogP contribution in [0.25, 0.3) is 11.4 Å². The third-order valence-corrected chi connectivity index (χ3v) is 1.85. The average molecular weight is 186 g/mol. The quantitative estimate of drug-likeness (QED) is 0.731. The Labute approximate surface area is 81.9 Å². The Balaban J connectivity index is 2.40. The van der Waals surface area contributed by atoms with Crippen molar-refractivity contribution in [2.24, 2.45) is 0 Å². The monoisotopic (exact) mass is 186 g/mol. The summed E-state index contributed by atoms with van der Waals surface area (Å²) in [6.45, 7) is 1.99. The third-order valence-electron chi connectivity index (χ3n) is 1.85. The van der Waals surface area contributed by atoms with Gasteiger partial charge in [0.2, 0.25) is 0 Å². The molecule has 0 bridgehead atoms. The summed E-state index contributed by atoms with van der Waals surface area (Å²) in [5, 5.41) is 0. The van der Waals surface area contributed by atoms with Gasteiger partial charge in [-0.05, 0) is 18.6 Å². The van der Waals surface area contributed by atoms with Gasteiger partial charge in [0, 0.05) is 6.20 Å². The largest absolute Gasteiger partial charge is 0.382 e. The maximum atomic E-state index is 5.43. The molecule has 2 rings (SSSR count). The summed E-state index contributed by atoms with van der Waals surface area (Å²) in [4.78, 5) is 12.3. The number of hydrogen-bond donors (Lipinski definition) is 1. The first-order valence-corrected chi connectivity index (χ1v) is 4.26. The van der Waals surface area contributed by atoms with Gasteiger partial charge in [-0.1, -0.05) is 6.07 Å². The van der Waals surface area contributed by atoms with Crippen molar-refractivity contribution in [1.82, 2.24) is 15.0 Å². The van der Waals surface area contributed by atoms with E-state index in [2.05, 4.69) is 15.0 Å². The number of anilines is 1. The summed E-state index contributed by atoms with van der Waals surface area (Å²) >= 11 is 0. The molecule has 0 spiro atoms. The van der Waals surface area contributed by atoms with Crippen LogP contribution in [0, 0.1) is 6.92 Å². The van der Waals surface area contributed by atoms with Crippen LogP contribution in [-0.4, -0.2) is 15.0 Å². The molecule has 2 heterocycles. The maximum Gasteiger partial charge on any atom is 0.141 e. The number of pyridine rings is 1. The van der Waals surface area contributed by atoms with Crippen LogP contribution in [0.15, 0.2) is 30.7 Å². The molecule has 4 heteroatoms. The highest BCUT2D eigenvalue weighted by Gasteiger charge is 1.99. The van der Waals surface area contributed by atoms with Crippen molar-refractivity contribution in [2.45, 2.75) is 6.92 Å². The Hall–Kier alpha value is -1.97. The molecule has 2 aromatic rings. The van der Waals surface area contributed by atoms with Gasteiger partial charge < -0.3 is 5.73 Å². The van der Waals surface area contributed by atoms with Gasteiger partial charge in [0.05, 0.1) is 18.1 Å². The lowest BCUT2D eigenvalue weighted by molar-refractivity contribution is 1.17. The molecule has 0 aliphatic heterocycles. The molecule has 0 fully saturated rings. The van der Waals surface area contributed by atoms with Gasteiger partial charge in [-0.15, -0.1) is 0 Å². The second kappa shape index (κ2) is 3.41. The predicted octanol–water partition coefficient (Wildman–Crippen LogP) is 1.43. The van der Waals surface area contributed by atoms with E-state index in [0.717, 1.165) is 17.0 Å². The van der Waals surface area contributed by atoms with Crippen molar-refractivity contribution in [1.29, 1.82) is 0 Å². The number of nitrogen functional groups attached to an aromatic ring is 1. The van der Waals surface area contributed by atoms with Crippen LogP contribution < -0.4 is 5.73 Å². The van der Waals surface area contributed by atoms with E-state index < -0.39 is 0 Å². The van der Waals surface area contributed by atoms with Crippen molar-refractivity contribution in [3.63, 3.8) is 0 Å². The molecule has 0 atom stereocenters. The number of nitrogens with zero attached hydrogens (tertiary/aromatic N) is 3. The standard InChI is InChI=1S/C10H10N4/c1-7-2-3-8(12-4-7)9-5-14-10(11)6-13-9/h2-6H,1H3,(H2,11,14). The van der Waals surface area contributed by atoms with Crippen molar-refractivity contribution in [2.75, 3.05) is 5.73 Å². The van der Waals surface area contributed by atoms with Gasteiger partial charge in [0.15, 0.2) is 0 Å². The molecule has 70 valence electrons. The predicted molar refractivity (Wildman–Crippen MR) is 54.4 cm³/mol. The first-order valence-electron chi connectivity index (χ1n) is 4.26. The number of nitrogens with two attached hydrogens (primary N) is 1. The lowest BCUT2D eigenvalue weighted by atomic mass is 10.2. The highest BCUT2D eigenvalue weighted by atomic mass is 14.9. The number of aromatic nitrogens is 3. The van der Waals surface area contributed by atoms with Crippen LogP contribution in [0.1, 0.15) is 5.56 Å². The van der Waals surface area contributed by atoms with Gasteiger partial charge in [0.25, 0.3) is 0 Å². The highest BCUT2D eigenvalue weighted by molar-refractivity contribution is 5.53. The normalized spacial score (nSPS) is 10.1. The van der Waals surface area contributed by atoms with Crippen LogP contribution in [0.2, 0.25) is 0 Å². The van der Waals surface area contributed by atoms with E-state index in [4.69, 9.17) is 5.73 Å². The van der Waals surface area contributed by atoms with Gasteiger partial charge in [-0.3, -0.25) is 4.98 Å². The van der Waals surface area contributed by atoms with Crippen LogP contribution in [-0.2, 0) is 0 Å². The highest BCUT2D eigenvalue weighted by Crippen LogP contribution is 2.12. The fraction of sp³-hybridized carbons (Fsp3) is 0.100. The van der Waals surface area contributed by atoms with Gasteiger partial charge in [0.1, 0.15) is 11.5 Å². The molecule has 0 aromatic carbocycles. The molecular weight excluding hydrogens is 176 g/mol. The van der Waals surface area contributed by atoms with E-state index in [1.54, 1.807) is 12.4 Å². The Kier molecular flexibility index (Phi) is 2.10. The van der Waals surface area contributed by atoms with Crippen LogP contribution in [0.4, 0.5) is 5.82 Å². The second-order valence-electron chi connectivity index (χ2n) is 3.05. The first kappa shape index (κ1) is 8.62. The molecule has 0 saturated heterocycles. The first-order chi connectivity index (χ1) is 6.75. The molecule has 0 saturated carbocycles. The van der Waals surface area contributed by atoms with Crippen LogP contribution in [0.5, 0.6) is 0 Å². The van der Waals surface area contributed by atoms with E-state index in [9.17, 15) is 0 Å². The minimum atomic E-state index is 0.417. The number of rotatable bonds is 1. The van der Waals surface area contributed by atoms with E-state index in [-0.39, 0.29) is 0 Å². The molecule has 0 radical (unpaired) electrons. The molecule has 0 amide bonds. The molecule has 2 aromatic heterocycles. The molecular formula is C10H10N4. The fourth-order valence-electron chi connectivity index (χ4n) is 1.09. The van der Waals surface area contributed by atoms with Gasteiger partial charge >= 0.3 is 0 Å². The lowest BCUT2D eigenvalue weighted by Crippen LogP contribution is -1.93. The molecule has 0 aliphatic carbocycles. The molecule has 0 unspecified atom stereocenters. The van der Waals surface area contributed by atoms with Crippen molar-refractivity contribution in [3.8, 4) is 11.4 Å². The van der Waals surface area contributed by atoms with Crippen molar-refractivity contribution >= 4 is 5.82 Å². The Morgan fingerprint density at radius 2 is 1.71 bits per heavy atom. The van der Waals surface area contributed by atoms with Gasteiger partial charge in [-0.2, -0.15) is 0 Å². The number of hydrogen-bond acceptors (Lipinski definition) is 4. The average Bonchev–Trinajstić information content (AvgIpc) is 2.21. The second-order valence-corrected chi connectivity index (χ2v) is 3.05. The lowest BCUT2D eigenvalue weighted by Gasteiger charge is -1.99. The number of aryl methyl sites for hydroxylation is 1. The Morgan fingerprint density at radius 1 is 0.929 bits per heavy atom. The smallest absolute Gasteiger partial charge is 0.141 e. The van der Waals surface area contributed by atoms with Gasteiger partial charge in [-0.25, -0.2) is 9.97 Å². The molecule has 14 heavy (non-hydrogen) atoms. The van der Waals surface area contributed by atoms with E-state index in [1.165, 1.54) is 6.20 Å². The minimum Gasteiger partial charge on any atom is -0.382 e. The third kappa shape index (κ3) is 1.69. The molecule has 0 aliphatic rings. The maximum absolute atomic E-state index is 5.43. The van der Waals surface area contributed by atoms with Crippen LogP contribution in [0.3, 0.4) is 0 Å². The molecule has 2 N–H and O–H groups in total. The summed E-state index contributed by atoms with van der Waals surface area (Å²) in [6.07, 6.45) is 4.94. The van der Waals surface area contributed by atoms with E-state index in [1.807, 2.05) is 19.1 Å². The zero-order valence-corrected chi connectivity index (χ0v) is 7.81. The Morgan fingerprint density at radius 3 is 2.29 bits per heavy atom. The molecule has 4 nitrogen and oxygen atoms in total. The summed E-state index contributed by atoms with van der Waals surface area (Å²) < 4.78 is 0. The summed E-state index contributed by atoms with van der Waals surface area (Å²) in [5.41, 5.74) is 8.10.